The van der Waals surface area contributed by atoms with Gasteiger partial charge < -0.3 is 10.0 Å². The number of nitrogens with zero attached hydrogens (tertiary/aromatic N) is 2. The normalized spacial score (nSPS) is 15.2. The number of amides is 2. The van der Waals surface area contributed by atoms with Crippen LogP contribution in [0.3, 0.4) is 0 Å². The molecule has 2 aliphatic rings. The molecule has 0 saturated carbocycles. The van der Waals surface area contributed by atoms with Gasteiger partial charge in [0.1, 0.15) is 0 Å². The molecule has 0 saturated heterocycles. The molecule has 8 heteroatoms. The Bertz CT molecular complexity index is 875. The summed E-state index contributed by atoms with van der Waals surface area (Å²) in [5.74, 6) is 0. The fourth-order valence-electron chi connectivity index (χ4n) is 3.72. The number of aromatic nitrogens is 1. The third-order valence-electron chi connectivity index (χ3n) is 4.75. The molecule has 2 aliphatic carbocycles. The molecule has 2 aromatic rings. The van der Waals surface area contributed by atoms with Crippen molar-refractivity contribution in [2.24, 2.45) is 0 Å². The van der Waals surface area contributed by atoms with E-state index in [1.165, 1.54) is 23.5 Å². The van der Waals surface area contributed by atoms with E-state index < -0.39 is 16.2 Å². The molecule has 1 heterocycles. The zero-order valence-electron chi connectivity index (χ0n) is 14.2. The number of carbonyl (C=O) groups excluding carboxylic acids is 1. The second kappa shape index (κ2) is 7.15. The third kappa shape index (κ3) is 3.51. The predicted molar refractivity (Wildman–Crippen MR) is 91.6 cm³/mol. The van der Waals surface area contributed by atoms with E-state index in [1.54, 1.807) is 12.1 Å². The summed E-state index contributed by atoms with van der Waals surface area (Å²) in [6.45, 7) is 0. The van der Waals surface area contributed by atoms with Gasteiger partial charge in [0.15, 0.2) is 6.03 Å². The minimum absolute atomic E-state index is 0. The van der Waals surface area contributed by atoms with Crippen molar-refractivity contribution in [3.63, 3.8) is 0 Å². The topological polar surface area (TPSA) is 82.3 Å². The fourth-order valence-corrected chi connectivity index (χ4v) is 4.52. The van der Waals surface area contributed by atoms with E-state index in [9.17, 15) is 13.2 Å². The molecule has 1 N–H and O–H groups in total. The Morgan fingerprint density at radius 2 is 1.56 bits per heavy atom. The average Bonchev–Trinajstić information content (AvgIpc) is 3.27. The summed E-state index contributed by atoms with van der Waals surface area (Å²) in [6, 6.07) is 4.57. The summed E-state index contributed by atoms with van der Waals surface area (Å²) >= 11 is 0. The second-order valence-electron chi connectivity index (χ2n) is 6.25. The van der Waals surface area contributed by atoms with Crippen LogP contribution in [0.25, 0.3) is 4.72 Å². The van der Waals surface area contributed by atoms with Crippen LogP contribution in [-0.2, 0) is 35.9 Å². The van der Waals surface area contributed by atoms with E-state index in [2.05, 4.69) is 16.1 Å². The van der Waals surface area contributed by atoms with Crippen LogP contribution in [-0.4, -0.2) is 18.4 Å². The van der Waals surface area contributed by atoms with Gasteiger partial charge in [-0.05, 0) is 78.6 Å². The van der Waals surface area contributed by atoms with Crippen molar-refractivity contribution >= 4 is 21.9 Å². The Morgan fingerprint density at radius 3 is 2.12 bits per heavy atom. The van der Waals surface area contributed by atoms with E-state index in [-0.39, 0.29) is 29.6 Å². The van der Waals surface area contributed by atoms with Gasteiger partial charge in [-0.25, -0.2) is 8.42 Å². The summed E-state index contributed by atoms with van der Waals surface area (Å²) in [6.07, 6.45) is 8.72. The van der Waals surface area contributed by atoms with E-state index in [0.717, 1.165) is 59.3 Å². The number of hydrogen-bond donors (Lipinski definition) is 1. The number of rotatable bonds is 3. The van der Waals surface area contributed by atoms with Gasteiger partial charge in [-0.15, -0.1) is 0 Å². The van der Waals surface area contributed by atoms with Gasteiger partial charge in [0.25, 0.3) is 10.2 Å². The largest absolute Gasteiger partial charge is 1.00 e. The zero-order chi connectivity index (χ0) is 16.7. The van der Waals surface area contributed by atoms with Crippen LogP contribution in [0.2, 0.25) is 0 Å². The van der Waals surface area contributed by atoms with Gasteiger partial charge in [0.2, 0.25) is 0 Å². The van der Waals surface area contributed by atoms with Gasteiger partial charge in [0, 0.05) is 12.4 Å². The number of nitrogens with one attached hydrogen (secondary N) is 1. The van der Waals surface area contributed by atoms with Crippen LogP contribution >= 0.6 is 0 Å². The number of carbonyl (C=O) groups is 1. The first kappa shape index (κ1) is 18.5. The summed E-state index contributed by atoms with van der Waals surface area (Å²) in [5, 5.41) is 2.76. The first-order valence-electron chi connectivity index (χ1n) is 8.13. The molecule has 0 fully saturated rings. The summed E-state index contributed by atoms with van der Waals surface area (Å²) in [7, 11) is -4.03. The molecular formula is C17H18N3NaO3S. The predicted octanol–water partition coefficient (Wildman–Crippen LogP) is 0.168. The van der Waals surface area contributed by atoms with E-state index in [0.29, 0.717) is 0 Å². The number of aryl methyl sites for hydroxylation is 2. The number of benzene rings is 1. The Balaban J connectivity index is 0.00000182. The van der Waals surface area contributed by atoms with Crippen LogP contribution in [0.4, 0.5) is 10.5 Å². The van der Waals surface area contributed by atoms with Crippen molar-refractivity contribution < 1.29 is 42.8 Å². The molecule has 0 atom stereocenters. The SMILES string of the molecule is O=C([N-]S(=O)(=O)n1cccc1)Nc1c2c(cc3c1CCC3)CCC2.[Na+]. The molecule has 25 heavy (non-hydrogen) atoms. The molecule has 2 amide bonds. The monoisotopic (exact) mass is 367 g/mol. The molecular weight excluding hydrogens is 349 g/mol. The molecule has 0 unspecified atom stereocenters. The number of urea groups is 1. The van der Waals surface area contributed by atoms with Crippen molar-refractivity contribution in [3.8, 4) is 0 Å². The minimum Gasteiger partial charge on any atom is -0.423 e. The number of hydrogen-bond acceptors (Lipinski definition) is 3. The van der Waals surface area contributed by atoms with Crippen molar-refractivity contribution in [2.45, 2.75) is 38.5 Å². The maximum absolute atomic E-state index is 12.3. The smallest absolute Gasteiger partial charge is 0.423 e. The Labute approximate surface area is 169 Å². The molecule has 0 spiro atoms. The molecule has 1 aromatic heterocycles. The minimum atomic E-state index is -4.03. The molecule has 4 rings (SSSR count). The standard InChI is InChI=1S/C17H19N3O3S.Na/c21-17(19-24(22,23)20-9-1-2-10-20)18-16-14-7-3-5-12(14)11-13-6-4-8-15(13)16;/h1-2,9-11H,3-8H2,(H2,18,19,21);/q;+1/p-1. The summed E-state index contributed by atoms with van der Waals surface area (Å²) in [5.41, 5.74) is 5.66. The van der Waals surface area contributed by atoms with Gasteiger partial charge in [-0.2, -0.15) is 0 Å². The summed E-state index contributed by atoms with van der Waals surface area (Å²) in [4.78, 5) is 12.3. The molecule has 1 aromatic carbocycles. The second-order valence-corrected chi connectivity index (χ2v) is 7.75. The molecule has 6 nitrogen and oxygen atoms in total. The fraction of sp³-hybridized carbons (Fsp3) is 0.353. The van der Waals surface area contributed by atoms with Crippen LogP contribution in [0.1, 0.15) is 35.1 Å². The molecule has 126 valence electrons. The van der Waals surface area contributed by atoms with Crippen molar-refractivity contribution in [1.29, 1.82) is 0 Å². The van der Waals surface area contributed by atoms with Crippen molar-refractivity contribution in [1.82, 2.24) is 3.97 Å². The van der Waals surface area contributed by atoms with Gasteiger partial charge in [-0.3, -0.25) is 8.77 Å². The van der Waals surface area contributed by atoms with Crippen LogP contribution in [0.15, 0.2) is 30.6 Å². The Morgan fingerprint density at radius 1 is 1.00 bits per heavy atom. The van der Waals surface area contributed by atoms with Crippen LogP contribution < -0.4 is 34.9 Å². The van der Waals surface area contributed by atoms with E-state index in [4.69, 9.17) is 0 Å². The quantitative estimate of drug-likeness (QED) is 0.785. The Kier molecular flexibility index (Phi) is 5.29. The number of fused-ring (bicyclic) bond motifs is 2. The van der Waals surface area contributed by atoms with Crippen LogP contribution in [0.5, 0.6) is 0 Å². The van der Waals surface area contributed by atoms with Gasteiger partial charge >= 0.3 is 29.6 Å². The first-order valence-corrected chi connectivity index (χ1v) is 9.53. The third-order valence-corrected chi connectivity index (χ3v) is 5.92. The maximum Gasteiger partial charge on any atom is 1.00 e. The number of anilines is 1. The van der Waals surface area contributed by atoms with Gasteiger partial charge in [-0.1, -0.05) is 6.07 Å². The first-order chi connectivity index (χ1) is 11.5. The van der Waals surface area contributed by atoms with Crippen molar-refractivity contribution in [3.05, 3.63) is 57.6 Å². The van der Waals surface area contributed by atoms with Crippen LogP contribution in [0, 0.1) is 0 Å². The Hall–Kier alpha value is -1.28. The summed E-state index contributed by atoms with van der Waals surface area (Å²) < 4.78 is 28.5. The molecule has 0 aliphatic heterocycles. The van der Waals surface area contributed by atoms with Crippen molar-refractivity contribution in [2.75, 3.05) is 5.32 Å². The molecule has 0 bridgehead atoms. The average molecular weight is 367 g/mol. The van der Waals surface area contributed by atoms with Gasteiger partial charge in [0.05, 0.1) is 0 Å². The van der Waals surface area contributed by atoms with E-state index >= 15 is 0 Å². The van der Waals surface area contributed by atoms with E-state index in [1.807, 2.05) is 0 Å². The maximum atomic E-state index is 12.3. The molecule has 0 radical (unpaired) electrons. The zero-order valence-corrected chi connectivity index (χ0v) is 17.0.